The van der Waals surface area contributed by atoms with E-state index in [1.165, 1.54) is 10.6 Å². The van der Waals surface area contributed by atoms with E-state index in [4.69, 9.17) is 9.47 Å². The van der Waals surface area contributed by atoms with Crippen molar-refractivity contribution < 1.29 is 13.7 Å². The number of rotatable bonds is 7. The molecule has 1 atom stereocenters. The Bertz CT molecular complexity index is 913. The maximum atomic E-state index is 13.4. The van der Waals surface area contributed by atoms with Gasteiger partial charge in [0.2, 0.25) is 0 Å². The molecule has 0 aliphatic rings. The van der Waals surface area contributed by atoms with E-state index in [-0.39, 0.29) is 11.5 Å². The van der Waals surface area contributed by atoms with Crippen LogP contribution in [0.15, 0.2) is 83.8 Å². The minimum absolute atomic E-state index is 0.176. The van der Waals surface area contributed by atoms with Crippen LogP contribution in [0.2, 0.25) is 0 Å². The lowest BCUT2D eigenvalue weighted by Gasteiger charge is -2.26. The summed E-state index contributed by atoms with van der Waals surface area (Å²) in [6.07, 6.45) is 0. The first-order valence-electron chi connectivity index (χ1n) is 9.49. The second kappa shape index (κ2) is 9.67. The highest BCUT2D eigenvalue weighted by Crippen LogP contribution is 2.37. The van der Waals surface area contributed by atoms with Gasteiger partial charge in [-0.3, -0.25) is 4.21 Å². The standard InChI is InChI=1S/C24H27O3PS/c1-24(2,3)29(25)23-16-15-19(27-18-26-4)17-22(23)28(20-11-7-5-8-12-20)21-13-9-6-10-14-21/h5-17H,18H2,1-4H3/t29-/m0/s1. The number of hydrogen-bond acceptors (Lipinski definition) is 3. The zero-order chi connectivity index (χ0) is 20.9. The van der Waals surface area contributed by atoms with Crippen molar-refractivity contribution in [1.29, 1.82) is 0 Å². The molecule has 0 aliphatic carbocycles. The Hall–Kier alpha value is -2.00. The van der Waals surface area contributed by atoms with Crippen molar-refractivity contribution in [2.75, 3.05) is 13.9 Å². The van der Waals surface area contributed by atoms with Crippen molar-refractivity contribution in [1.82, 2.24) is 0 Å². The molecule has 0 aliphatic heterocycles. The smallest absolute Gasteiger partial charge is 0.188 e. The Labute approximate surface area is 177 Å². The summed E-state index contributed by atoms with van der Waals surface area (Å²) in [6, 6.07) is 26.7. The molecule has 3 nitrogen and oxygen atoms in total. The van der Waals surface area contributed by atoms with Gasteiger partial charge in [-0.05, 0) is 57.5 Å². The van der Waals surface area contributed by atoms with E-state index in [1.54, 1.807) is 7.11 Å². The van der Waals surface area contributed by atoms with Crippen molar-refractivity contribution in [3.8, 4) is 5.75 Å². The van der Waals surface area contributed by atoms with E-state index in [9.17, 15) is 4.21 Å². The summed E-state index contributed by atoms with van der Waals surface area (Å²) >= 11 is 0. The fourth-order valence-electron chi connectivity index (χ4n) is 2.96. The van der Waals surface area contributed by atoms with Crippen LogP contribution in [0.25, 0.3) is 0 Å². The van der Waals surface area contributed by atoms with Crippen LogP contribution >= 0.6 is 7.92 Å². The van der Waals surface area contributed by atoms with E-state index in [2.05, 4.69) is 48.5 Å². The number of methoxy groups -OCH3 is 1. The van der Waals surface area contributed by atoms with Gasteiger partial charge in [0.05, 0.1) is 10.8 Å². The maximum Gasteiger partial charge on any atom is 0.188 e. The van der Waals surface area contributed by atoms with Crippen LogP contribution in [-0.4, -0.2) is 22.9 Å². The molecule has 152 valence electrons. The Morgan fingerprint density at radius 1 is 0.862 bits per heavy atom. The molecule has 3 rings (SSSR count). The quantitative estimate of drug-likeness (QED) is 0.417. The Kier molecular flexibility index (Phi) is 7.23. The zero-order valence-electron chi connectivity index (χ0n) is 17.3. The van der Waals surface area contributed by atoms with Crippen molar-refractivity contribution in [3.63, 3.8) is 0 Å². The maximum absolute atomic E-state index is 13.4. The molecular formula is C24H27O3PS. The van der Waals surface area contributed by atoms with E-state index in [0.717, 1.165) is 15.9 Å². The topological polar surface area (TPSA) is 35.5 Å². The molecule has 0 radical (unpaired) electrons. The van der Waals surface area contributed by atoms with E-state index >= 15 is 0 Å². The van der Waals surface area contributed by atoms with Crippen LogP contribution in [0.1, 0.15) is 20.8 Å². The highest BCUT2D eigenvalue weighted by molar-refractivity contribution is 7.88. The van der Waals surface area contributed by atoms with Crippen LogP contribution < -0.4 is 20.7 Å². The SMILES string of the molecule is COCOc1ccc([S@](=O)C(C)(C)C)c(P(c2ccccc2)c2ccccc2)c1. The molecule has 29 heavy (non-hydrogen) atoms. The fourth-order valence-corrected chi connectivity index (χ4v) is 6.93. The monoisotopic (exact) mass is 426 g/mol. The van der Waals surface area contributed by atoms with Crippen LogP contribution in [0, 0.1) is 0 Å². The second-order valence-electron chi connectivity index (χ2n) is 7.57. The van der Waals surface area contributed by atoms with Crippen LogP contribution in [0.4, 0.5) is 0 Å². The highest BCUT2D eigenvalue weighted by atomic mass is 32.2. The molecular weight excluding hydrogens is 399 g/mol. The number of benzene rings is 3. The van der Waals surface area contributed by atoms with Gasteiger partial charge in [0, 0.05) is 22.1 Å². The largest absolute Gasteiger partial charge is 0.468 e. The molecule has 0 amide bonds. The van der Waals surface area contributed by atoms with Crippen molar-refractivity contribution in [2.24, 2.45) is 0 Å². The van der Waals surface area contributed by atoms with E-state index in [1.807, 2.05) is 51.1 Å². The molecule has 0 aromatic heterocycles. The van der Waals surface area contributed by atoms with Gasteiger partial charge in [-0.25, -0.2) is 0 Å². The summed E-state index contributed by atoms with van der Waals surface area (Å²) < 4.78 is 23.9. The normalized spacial score (nSPS) is 12.7. The third-order valence-corrected chi connectivity index (χ3v) is 8.80. The lowest BCUT2D eigenvalue weighted by Crippen LogP contribution is -2.29. The van der Waals surface area contributed by atoms with Gasteiger partial charge in [0.15, 0.2) is 6.79 Å². The molecule has 0 N–H and O–H groups in total. The number of hydrogen-bond donors (Lipinski definition) is 0. The summed E-state index contributed by atoms with van der Waals surface area (Å²) in [5, 5.41) is 3.48. The third-order valence-electron chi connectivity index (χ3n) is 4.30. The van der Waals surface area contributed by atoms with Crippen LogP contribution in [0.3, 0.4) is 0 Å². The minimum Gasteiger partial charge on any atom is -0.468 e. The summed E-state index contributed by atoms with van der Waals surface area (Å²) in [4.78, 5) is 0.862. The molecule has 0 fully saturated rings. The van der Waals surface area contributed by atoms with Crippen LogP contribution in [-0.2, 0) is 15.5 Å². The first-order chi connectivity index (χ1) is 13.9. The molecule has 0 saturated heterocycles. The van der Waals surface area contributed by atoms with Gasteiger partial charge in [0.1, 0.15) is 5.75 Å². The molecule has 0 bridgehead atoms. The molecule has 0 unspecified atom stereocenters. The van der Waals surface area contributed by atoms with Crippen molar-refractivity contribution in [3.05, 3.63) is 78.9 Å². The average Bonchev–Trinajstić information content (AvgIpc) is 2.73. The molecule has 0 saturated carbocycles. The Balaban J connectivity index is 2.23. The summed E-state index contributed by atoms with van der Waals surface area (Å²) in [6.45, 7) is 6.20. The highest BCUT2D eigenvalue weighted by Gasteiger charge is 2.28. The molecule has 3 aromatic carbocycles. The van der Waals surface area contributed by atoms with Gasteiger partial charge in [0.25, 0.3) is 0 Å². The first-order valence-corrected chi connectivity index (χ1v) is 12.0. The summed E-state index contributed by atoms with van der Waals surface area (Å²) in [5.74, 6) is 0.718. The predicted molar refractivity (Wildman–Crippen MR) is 124 cm³/mol. The first kappa shape index (κ1) is 21.7. The lowest BCUT2D eigenvalue weighted by molar-refractivity contribution is 0.0511. The van der Waals surface area contributed by atoms with Gasteiger partial charge >= 0.3 is 0 Å². The van der Waals surface area contributed by atoms with Gasteiger partial charge < -0.3 is 9.47 Å². The summed E-state index contributed by atoms with van der Waals surface area (Å²) in [5.41, 5.74) is 0. The summed E-state index contributed by atoms with van der Waals surface area (Å²) in [7, 11) is -0.454. The number of ether oxygens (including phenoxy) is 2. The van der Waals surface area contributed by atoms with Gasteiger partial charge in [-0.1, -0.05) is 60.7 Å². The van der Waals surface area contributed by atoms with Gasteiger partial charge in [-0.15, -0.1) is 0 Å². The van der Waals surface area contributed by atoms with Crippen molar-refractivity contribution >= 4 is 34.6 Å². The van der Waals surface area contributed by atoms with Crippen molar-refractivity contribution in [2.45, 2.75) is 30.4 Å². The second-order valence-corrected chi connectivity index (χ2v) is 12.0. The third kappa shape index (κ3) is 5.33. The molecule has 0 heterocycles. The Morgan fingerprint density at radius 2 is 1.41 bits per heavy atom. The molecule has 0 spiro atoms. The fraction of sp³-hybridized carbons (Fsp3) is 0.250. The van der Waals surface area contributed by atoms with E-state index < -0.39 is 18.7 Å². The minimum atomic E-state index is -1.16. The Morgan fingerprint density at radius 3 is 1.90 bits per heavy atom. The molecule has 5 heteroatoms. The van der Waals surface area contributed by atoms with Crippen LogP contribution in [0.5, 0.6) is 5.75 Å². The predicted octanol–water partition coefficient (Wildman–Crippen LogP) is 4.33. The van der Waals surface area contributed by atoms with E-state index in [0.29, 0.717) is 0 Å². The van der Waals surface area contributed by atoms with Gasteiger partial charge in [-0.2, -0.15) is 0 Å². The average molecular weight is 427 g/mol. The lowest BCUT2D eigenvalue weighted by atomic mass is 10.3. The molecule has 3 aromatic rings. The zero-order valence-corrected chi connectivity index (χ0v) is 19.0.